The molecule has 0 saturated carbocycles. The van der Waals surface area contributed by atoms with E-state index >= 15 is 0 Å². The number of thioether (sulfide) groups is 1. The summed E-state index contributed by atoms with van der Waals surface area (Å²) in [5.41, 5.74) is 0. The van der Waals surface area contributed by atoms with Crippen molar-refractivity contribution in [3.63, 3.8) is 0 Å². The van der Waals surface area contributed by atoms with Crippen LogP contribution in [0.25, 0.3) is 0 Å². The second kappa shape index (κ2) is 7.76. The maximum atomic E-state index is 3.62. The van der Waals surface area contributed by atoms with Crippen molar-refractivity contribution < 1.29 is 0 Å². The lowest BCUT2D eigenvalue weighted by Gasteiger charge is -2.26. The summed E-state index contributed by atoms with van der Waals surface area (Å²) in [6.45, 7) is 11.0. The fourth-order valence-corrected chi connectivity index (χ4v) is 4.41. The molecule has 2 atom stereocenters. The maximum absolute atomic E-state index is 3.62. The molecule has 2 saturated heterocycles. The molecule has 2 aliphatic heterocycles. The average Bonchev–Trinajstić information content (AvgIpc) is 2.78. The SMILES string of the molecule is CC(C)CNCC1CCN(CC2CCCCS2)C1. The van der Waals surface area contributed by atoms with Gasteiger partial charge in [-0.3, -0.25) is 0 Å². The Kier molecular flexibility index (Phi) is 6.33. The summed E-state index contributed by atoms with van der Waals surface area (Å²) < 4.78 is 0. The van der Waals surface area contributed by atoms with Crippen molar-refractivity contribution in [2.45, 2.75) is 44.8 Å². The Balaban J connectivity index is 1.59. The van der Waals surface area contributed by atoms with E-state index < -0.39 is 0 Å². The molecule has 0 aromatic carbocycles. The molecule has 0 amide bonds. The summed E-state index contributed by atoms with van der Waals surface area (Å²) in [5, 5.41) is 4.55. The van der Waals surface area contributed by atoms with E-state index in [0.717, 1.165) is 17.1 Å². The molecule has 2 unspecified atom stereocenters. The Morgan fingerprint density at radius 2 is 2.17 bits per heavy atom. The predicted molar refractivity (Wildman–Crippen MR) is 82.4 cm³/mol. The Morgan fingerprint density at radius 1 is 1.28 bits per heavy atom. The molecule has 0 aliphatic carbocycles. The van der Waals surface area contributed by atoms with Crippen LogP contribution in [-0.2, 0) is 0 Å². The Morgan fingerprint density at radius 3 is 2.89 bits per heavy atom. The molecule has 1 N–H and O–H groups in total. The van der Waals surface area contributed by atoms with Gasteiger partial charge in [0.15, 0.2) is 0 Å². The molecule has 3 heteroatoms. The first-order valence-corrected chi connectivity index (χ1v) is 8.83. The molecule has 0 spiro atoms. The van der Waals surface area contributed by atoms with E-state index in [1.54, 1.807) is 0 Å². The molecular formula is C15H30N2S. The first-order chi connectivity index (χ1) is 8.74. The largest absolute Gasteiger partial charge is 0.316 e. The zero-order chi connectivity index (χ0) is 12.8. The molecule has 2 rings (SSSR count). The molecule has 2 fully saturated rings. The van der Waals surface area contributed by atoms with Crippen LogP contribution in [0.5, 0.6) is 0 Å². The molecule has 0 aromatic rings. The molecule has 2 nitrogen and oxygen atoms in total. The third kappa shape index (κ3) is 5.10. The van der Waals surface area contributed by atoms with E-state index in [1.807, 2.05) is 0 Å². The number of hydrogen-bond donors (Lipinski definition) is 1. The van der Waals surface area contributed by atoms with E-state index in [0.29, 0.717) is 0 Å². The zero-order valence-electron chi connectivity index (χ0n) is 12.2. The van der Waals surface area contributed by atoms with Gasteiger partial charge >= 0.3 is 0 Å². The summed E-state index contributed by atoms with van der Waals surface area (Å²) in [7, 11) is 0. The number of nitrogens with one attached hydrogen (secondary N) is 1. The van der Waals surface area contributed by atoms with E-state index in [4.69, 9.17) is 0 Å². The molecule has 2 aliphatic rings. The second-order valence-electron chi connectivity index (χ2n) is 6.45. The fourth-order valence-electron chi connectivity index (χ4n) is 3.06. The Hall–Kier alpha value is 0.270. The molecule has 2 heterocycles. The summed E-state index contributed by atoms with van der Waals surface area (Å²) in [5.74, 6) is 3.08. The van der Waals surface area contributed by atoms with Gasteiger partial charge in [-0.15, -0.1) is 0 Å². The fraction of sp³-hybridized carbons (Fsp3) is 1.00. The lowest BCUT2D eigenvalue weighted by Crippen LogP contribution is -2.32. The molecule has 0 bridgehead atoms. The number of nitrogens with zero attached hydrogens (tertiary/aromatic N) is 1. The molecule has 18 heavy (non-hydrogen) atoms. The van der Waals surface area contributed by atoms with Gasteiger partial charge in [0.2, 0.25) is 0 Å². The van der Waals surface area contributed by atoms with Gasteiger partial charge in [0.05, 0.1) is 0 Å². The van der Waals surface area contributed by atoms with Gasteiger partial charge in [0.1, 0.15) is 0 Å². The molecule has 106 valence electrons. The average molecular weight is 270 g/mol. The van der Waals surface area contributed by atoms with Crippen molar-refractivity contribution >= 4 is 11.8 Å². The monoisotopic (exact) mass is 270 g/mol. The minimum atomic E-state index is 0.779. The highest BCUT2D eigenvalue weighted by Crippen LogP contribution is 2.27. The van der Waals surface area contributed by atoms with E-state index in [1.165, 1.54) is 64.2 Å². The lowest BCUT2D eigenvalue weighted by molar-refractivity contribution is 0.315. The van der Waals surface area contributed by atoms with Gasteiger partial charge in [-0.1, -0.05) is 20.3 Å². The first-order valence-electron chi connectivity index (χ1n) is 7.78. The highest BCUT2D eigenvalue weighted by Gasteiger charge is 2.25. The maximum Gasteiger partial charge on any atom is 0.0175 e. The van der Waals surface area contributed by atoms with Gasteiger partial charge in [-0.2, -0.15) is 11.8 Å². The van der Waals surface area contributed by atoms with Gasteiger partial charge < -0.3 is 10.2 Å². The third-order valence-electron chi connectivity index (χ3n) is 4.09. The Labute approximate surface area is 117 Å². The first kappa shape index (κ1) is 14.7. The van der Waals surface area contributed by atoms with E-state index in [9.17, 15) is 0 Å². The topological polar surface area (TPSA) is 15.3 Å². The van der Waals surface area contributed by atoms with Crippen molar-refractivity contribution in [1.82, 2.24) is 10.2 Å². The van der Waals surface area contributed by atoms with Crippen LogP contribution in [0.15, 0.2) is 0 Å². The van der Waals surface area contributed by atoms with Gasteiger partial charge in [0.25, 0.3) is 0 Å². The van der Waals surface area contributed by atoms with Crippen LogP contribution in [0.1, 0.15) is 39.5 Å². The van der Waals surface area contributed by atoms with Gasteiger partial charge in [-0.25, -0.2) is 0 Å². The number of hydrogen-bond acceptors (Lipinski definition) is 3. The smallest absolute Gasteiger partial charge is 0.0175 e. The van der Waals surface area contributed by atoms with Crippen LogP contribution in [0.4, 0.5) is 0 Å². The van der Waals surface area contributed by atoms with Crippen LogP contribution in [0.2, 0.25) is 0 Å². The second-order valence-corrected chi connectivity index (χ2v) is 7.86. The van der Waals surface area contributed by atoms with E-state index in [-0.39, 0.29) is 0 Å². The molecule has 0 radical (unpaired) electrons. The number of rotatable bonds is 6. The third-order valence-corrected chi connectivity index (χ3v) is 5.47. The zero-order valence-corrected chi connectivity index (χ0v) is 13.0. The summed E-state index contributed by atoms with van der Waals surface area (Å²) in [6, 6.07) is 0. The van der Waals surface area contributed by atoms with Crippen molar-refractivity contribution in [2.75, 3.05) is 38.5 Å². The summed E-state index contributed by atoms with van der Waals surface area (Å²) >= 11 is 2.22. The van der Waals surface area contributed by atoms with Crippen molar-refractivity contribution in [2.24, 2.45) is 11.8 Å². The van der Waals surface area contributed by atoms with Crippen LogP contribution in [0, 0.1) is 11.8 Å². The van der Waals surface area contributed by atoms with Gasteiger partial charge in [-0.05, 0) is 56.5 Å². The quantitative estimate of drug-likeness (QED) is 0.799. The van der Waals surface area contributed by atoms with Crippen LogP contribution in [-0.4, -0.2) is 48.6 Å². The molecular weight excluding hydrogens is 240 g/mol. The van der Waals surface area contributed by atoms with Crippen molar-refractivity contribution in [1.29, 1.82) is 0 Å². The minimum Gasteiger partial charge on any atom is -0.316 e. The summed E-state index contributed by atoms with van der Waals surface area (Å²) in [6.07, 6.45) is 5.77. The van der Waals surface area contributed by atoms with Crippen LogP contribution in [0.3, 0.4) is 0 Å². The standard InChI is InChI=1S/C15H30N2S/c1-13(2)9-16-10-14-6-7-17(11-14)12-15-5-3-4-8-18-15/h13-16H,3-12H2,1-2H3. The van der Waals surface area contributed by atoms with Crippen LogP contribution >= 0.6 is 11.8 Å². The van der Waals surface area contributed by atoms with Gasteiger partial charge in [0, 0.05) is 18.3 Å². The highest BCUT2D eigenvalue weighted by atomic mass is 32.2. The Bertz CT molecular complexity index is 227. The van der Waals surface area contributed by atoms with Crippen molar-refractivity contribution in [3.8, 4) is 0 Å². The van der Waals surface area contributed by atoms with E-state index in [2.05, 4.69) is 35.8 Å². The summed E-state index contributed by atoms with van der Waals surface area (Å²) in [4.78, 5) is 2.71. The minimum absolute atomic E-state index is 0.779. The highest BCUT2D eigenvalue weighted by molar-refractivity contribution is 7.99. The normalized spacial score (nSPS) is 30.2. The lowest BCUT2D eigenvalue weighted by atomic mass is 10.1. The predicted octanol–water partition coefficient (Wildman–Crippen LogP) is 2.84. The number of likely N-dealkylation sites (tertiary alicyclic amines) is 1. The molecule has 0 aromatic heterocycles. The van der Waals surface area contributed by atoms with Crippen LogP contribution < -0.4 is 5.32 Å². The van der Waals surface area contributed by atoms with Crippen molar-refractivity contribution in [3.05, 3.63) is 0 Å².